The first kappa shape index (κ1) is 9.87. The van der Waals surface area contributed by atoms with Gasteiger partial charge in [0.15, 0.2) is 6.10 Å². The Morgan fingerprint density at radius 2 is 2.44 bits per heavy atom. The van der Waals surface area contributed by atoms with Crippen molar-refractivity contribution in [2.75, 3.05) is 13.2 Å². The Kier molecular flexibility index (Phi) is 5.09. The van der Waals surface area contributed by atoms with Crippen LogP contribution in [0, 0.1) is 0 Å². The van der Waals surface area contributed by atoms with Crippen LogP contribution in [0.25, 0.3) is 0 Å². The van der Waals surface area contributed by atoms with Crippen LogP contribution in [0.4, 0.5) is 4.79 Å². The quantitative estimate of drug-likeness (QED) is 0.397. The van der Waals surface area contributed by atoms with Crippen LogP contribution in [0.1, 0.15) is 0 Å². The Bertz CT molecular complexity index is 105. The summed E-state index contributed by atoms with van der Waals surface area (Å²) in [4.78, 5) is 10.1. The first-order valence-corrected chi connectivity index (χ1v) is 2.27. The second kappa shape index (κ2) is 4.65. The van der Waals surface area contributed by atoms with Crippen molar-refractivity contribution in [1.29, 1.82) is 0 Å². The fourth-order valence-electron chi connectivity index (χ4n) is 0.455. The fraction of sp³-hybridized carbons (Fsp3) is 0.750. The zero-order chi connectivity index (χ0) is 5.98. The average Bonchev–Trinajstić information content (AvgIpc) is 2.14. The van der Waals surface area contributed by atoms with Crippen LogP contribution in [-0.2, 0) is 9.47 Å². The third-order valence-corrected chi connectivity index (χ3v) is 0.854. The molecular weight excluding hydrogens is 151 g/mol. The van der Waals surface area contributed by atoms with Crippen LogP contribution >= 0.6 is 0 Å². The summed E-state index contributed by atoms with van der Waals surface area (Å²) in [5, 5.41) is 8.33. The number of carbonyl (C=O) groups is 1. The molecule has 4 nitrogen and oxygen atoms in total. The molecule has 1 N–H and O–H groups in total. The molecule has 1 rings (SSSR count). The van der Waals surface area contributed by atoms with Crippen LogP contribution in [0.3, 0.4) is 0 Å². The van der Waals surface area contributed by atoms with E-state index in [2.05, 4.69) is 9.47 Å². The molecule has 1 heterocycles. The van der Waals surface area contributed by atoms with Gasteiger partial charge in [-0.1, -0.05) is 0 Å². The minimum atomic E-state index is -0.691. The van der Waals surface area contributed by atoms with E-state index in [1.807, 2.05) is 0 Å². The van der Waals surface area contributed by atoms with E-state index < -0.39 is 12.3 Å². The van der Waals surface area contributed by atoms with Crippen molar-refractivity contribution >= 4 is 57.5 Å². The first-order valence-electron chi connectivity index (χ1n) is 2.27. The topological polar surface area (TPSA) is 55.8 Å². The van der Waals surface area contributed by atoms with E-state index in [0.29, 0.717) is 0 Å². The number of hydrogen-bond acceptors (Lipinski definition) is 4. The number of ether oxygens (including phenoxy) is 2. The summed E-state index contributed by atoms with van der Waals surface area (Å²) in [6.07, 6.45) is -1.13. The van der Waals surface area contributed by atoms with Crippen molar-refractivity contribution in [2.45, 2.75) is 6.10 Å². The standard InChI is InChI=1S/C4H6O4.K/c5-1-3-2-7-4(6)8-3;/h3,5H,1-2H2;. The van der Waals surface area contributed by atoms with Crippen LogP contribution in [0.2, 0.25) is 0 Å². The molecule has 1 aliphatic heterocycles. The summed E-state index contributed by atoms with van der Waals surface area (Å²) in [6.45, 7) is 0.0150. The summed E-state index contributed by atoms with van der Waals surface area (Å²) in [5.41, 5.74) is 0. The number of hydrogen-bond donors (Lipinski definition) is 1. The molecule has 0 spiro atoms. The van der Waals surface area contributed by atoms with Crippen LogP contribution < -0.4 is 0 Å². The summed E-state index contributed by atoms with van der Waals surface area (Å²) in [6, 6.07) is 0. The van der Waals surface area contributed by atoms with Crippen molar-refractivity contribution in [3.05, 3.63) is 0 Å². The van der Waals surface area contributed by atoms with E-state index >= 15 is 0 Å². The molecule has 1 radical (unpaired) electrons. The van der Waals surface area contributed by atoms with Crippen molar-refractivity contribution in [3.63, 3.8) is 0 Å². The second-order valence-corrected chi connectivity index (χ2v) is 1.48. The Morgan fingerprint density at radius 1 is 1.78 bits per heavy atom. The van der Waals surface area contributed by atoms with Crippen molar-refractivity contribution < 1.29 is 19.4 Å². The number of aliphatic hydroxyl groups excluding tert-OH is 1. The SMILES string of the molecule is O=C1OCC(CO)O1.[K]. The van der Waals surface area contributed by atoms with Crippen LogP contribution in [-0.4, -0.2) is 82.0 Å². The molecule has 1 aliphatic rings. The minimum Gasteiger partial charge on any atom is -0.430 e. The predicted molar refractivity (Wildman–Crippen MR) is 29.1 cm³/mol. The maximum absolute atomic E-state index is 10.1. The van der Waals surface area contributed by atoms with Gasteiger partial charge in [0.1, 0.15) is 6.61 Å². The zero-order valence-electron chi connectivity index (χ0n) is 5.16. The van der Waals surface area contributed by atoms with Gasteiger partial charge in [0, 0.05) is 51.4 Å². The van der Waals surface area contributed by atoms with Gasteiger partial charge in [0.2, 0.25) is 0 Å². The molecule has 1 atom stereocenters. The molecular formula is C4H6KO4. The van der Waals surface area contributed by atoms with E-state index in [0.717, 1.165) is 0 Å². The first-order chi connectivity index (χ1) is 3.83. The molecule has 9 heavy (non-hydrogen) atoms. The molecule has 0 aromatic heterocycles. The maximum Gasteiger partial charge on any atom is 0.508 e. The summed E-state index contributed by atoms with van der Waals surface area (Å²) < 4.78 is 8.73. The fourth-order valence-corrected chi connectivity index (χ4v) is 0.455. The van der Waals surface area contributed by atoms with Gasteiger partial charge >= 0.3 is 6.16 Å². The normalized spacial score (nSPS) is 24.1. The largest absolute Gasteiger partial charge is 0.508 e. The van der Waals surface area contributed by atoms with E-state index in [-0.39, 0.29) is 64.6 Å². The minimum absolute atomic E-state index is 0. The second-order valence-electron chi connectivity index (χ2n) is 1.48. The third-order valence-electron chi connectivity index (χ3n) is 0.854. The van der Waals surface area contributed by atoms with E-state index in [4.69, 9.17) is 5.11 Å². The maximum atomic E-state index is 10.1. The van der Waals surface area contributed by atoms with E-state index in [9.17, 15) is 4.79 Å². The van der Waals surface area contributed by atoms with Crippen molar-refractivity contribution in [1.82, 2.24) is 0 Å². The molecule has 0 aliphatic carbocycles. The van der Waals surface area contributed by atoms with Gasteiger partial charge in [-0.25, -0.2) is 4.79 Å². The third kappa shape index (κ3) is 2.97. The molecule has 47 valence electrons. The number of rotatable bonds is 1. The molecule has 0 bridgehead atoms. The smallest absolute Gasteiger partial charge is 0.430 e. The molecule has 1 saturated heterocycles. The van der Waals surface area contributed by atoms with Gasteiger partial charge in [-0.05, 0) is 0 Å². The van der Waals surface area contributed by atoms with Gasteiger partial charge in [-0.3, -0.25) is 0 Å². The van der Waals surface area contributed by atoms with Gasteiger partial charge < -0.3 is 14.6 Å². The van der Waals surface area contributed by atoms with Crippen LogP contribution in [0.5, 0.6) is 0 Å². The molecule has 0 aromatic carbocycles. The van der Waals surface area contributed by atoms with Gasteiger partial charge in [-0.2, -0.15) is 0 Å². The van der Waals surface area contributed by atoms with E-state index in [1.165, 1.54) is 0 Å². The molecule has 5 heteroatoms. The number of carbonyl (C=O) groups excluding carboxylic acids is 1. The molecule has 0 aromatic rings. The number of cyclic esters (lactones) is 2. The number of aliphatic hydroxyl groups is 1. The average molecular weight is 157 g/mol. The molecule has 1 unspecified atom stereocenters. The molecule has 1 fully saturated rings. The zero-order valence-corrected chi connectivity index (χ0v) is 8.29. The monoisotopic (exact) mass is 157 g/mol. The van der Waals surface area contributed by atoms with Crippen LogP contribution in [0.15, 0.2) is 0 Å². The Morgan fingerprint density at radius 3 is 2.67 bits per heavy atom. The Hall–Kier alpha value is 0.866. The van der Waals surface area contributed by atoms with Crippen molar-refractivity contribution in [3.8, 4) is 0 Å². The van der Waals surface area contributed by atoms with Gasteiger partial charge in [-0.15, -0.1) is 0 Å². The predicted octanol–water partition coefficient (Wildman–Crippen LogP) is -0.867. The summed E-state index contributed by atoms with van der Waals surface area (Å²) in [7, 11) is 0. The van der Waals surface area contributed by atoms with Gasteiger partial charge in [0.05, 0.1) is 6.61 Å². The molecule has 0 saturated carbocycles. The summed E-state index contributed by atoms with van der Waals surface area (Å²) in [5.74, 6) is 0. The van der Waals surface area contributed by atoms with E-state index in [1.54, 1.807) is 0 Å². The Balaban J connectivity index is 0.000000640. The Labute approximate surface area is 94.9 Å². The summed E-state index contributed by atoms with van der Waals surface area (Å²) >= 11 is 0. The molecule has 0 amide bonds. The van der Waals surface area contributed by atoms with Crippen molar-refractivity contribution in [2.24, 2.45) is 0 Å². The van der Waals surface area contributed by atoms with Gasteiger partial charge in [0.25, 0.3) is 0 Å².